The number of hydrogen-bond acceptors (Lipinski definition) is 8. The molecule has 2 rings (SSSR count). The summed E-state index contributed by atoms with van der Waals surface area (Å²) in [5.41, 5.74) is 0. The summed E-state index contributed by atoms with van der Waals surface area (Å²) in [6, 6.07) is 0.0217. The van der Waals surface area contributed by atoms with Gasteiger partial charge in [-0.2, -0.15) is 8.78 Å². The Labute approximate surface area is 238 Å². The van der Waals surface area contributed by atoms with Gasteiger partial charge in [0, 0.05) is 18.4 Å². The molecule has 0 unspecified atom stereocenters. The number of ketones is 1. The summed E-state index contributed by atoms with van der Waals surface area (Å²) in [7, 11) is 0. The van der Waals surface area contributed by atoms with E-state index in [1.165, 1.54) is 25.7 Å². The number of carbonyl (C=O) groups excluding carboxylic acids is 2. The molecule has 1 aliphatic rings. The molecule has 1 saturated carbocycles. The number of esters is 1. The summed E-state index contributed by atoms with van der Waals surface area (Å²) in [6.07, 6.45) is 9.44. The van der Waals surface area contributed by atoms with Gasteiger partial charge in [-0.25, -0.2) is 8.78 Å². The van der Waals surface area contributed by atoms with Crippen LogP contribution in [0.2, 0.25) is 0 Å². The standard InChI is InChI=1S/C29H42F4O8/c30-23-21-24(31)28(33)29(27(23)32)41-26(35)10-12-37-14-16-39-18-20-40-19-17-38-15-13-36-11-9-25(34)22-7-5-3-1-2-4-6-8-22/h21-22H,1-20H2. The Morgan fingerprint density at radius 3 is 1.44 bits per heavy atom. The summed E-state index contributed by atoms with van der Waals surface area (Å²) in [5, 5.41) is 0. The Bertz CT molecular complexity index is 866. The predicted molar refractivity (Wildman–Crippen MR) is 141 cm³/mol. The van der Waals surface area contributed by atoms with E-state index in [1.54, 1.807) is 0 Å². The van der Waals surface area contributed by atoms with Gasteiger partial charge < -0.3 is 28.4 Å². The SMILES string of the molecule is O=C(CCOCCOCCOCCOCCOCCC(=O)C1CCCCCCCC1)Oc1c(F)c(F)cc(F)c1F. The predicted octanol–water partition coefficient (Wildman–Crippen LogP) is 5.33. The number of halogens is 4. The molecule has 0 atom stereocenters. The number of rotatable bonds is 20. The average Bonchev–Trinajstić information content (AvgIpc) is 3.10. The molecule has 41 heavy (non-hydrogen) atoms. The maximum atomic E-state index is 13.5. The van der Waals surface area contributed by atoms with Crippen molar-refractivity contribution in [3.05, 3.63) is 29.3 Å². The summed E-state index contributed by atoms with van der Waals surface area (Å²) in [5.74, 6) is -8.93. The fourth-order valence-electron chi connectivity index (χ4n) is 4.27. The molecule has 0 aromatic heterocycles. The number of ether oxygens (including phenoxy) is 6. The van der Waals surface area contributed by atoms with Crippen LogP contribution in [0.3, 0.4) is 0 Å². The van der Waals surface area contributed by atoms with Crippen molar-refractivity contribution in [3.63, 3.8) is 0 Å². The van der Waals surface area contributed by atoms with E-state index in [9.17, 15) is 27.2 Å². The largest absolute Gasteiger partial charge is 0.420 e. The molecule has 0 spiro atoms. The van der Waals surface area contributed by atoms with E-state index in [2.05, 4.69) is 4.74 Å². The zero-order chi connectivity index (χ0) is 29.7. The molecule has 1 aliphatic carbocycles. The summed E-state index contributed by atoms with van der Waals surface area (Å²) in [6.45, 7) is 2.94. The second-order valence-electron chi connectivity index (χ2n) is 9.70. The summed E-state index contributed by atoms with van der Waals surface area (Å²) >= 11 is 0. The van der Waals surface area contributed by atoms with Crippen LogP contribution in [-0.4, -0.2) is 77.8 Å². The number of benzene rings is 1. The highest BCUT2D eigenvalue weighted by Crippen LogP contribution is 2.27. The minimum atomic E-state index is -1.79. The highest BCUT2D eigenvalue weighted by molar-refractivity contribution is 5.81. The zero-order valence-corrected chi connectivity index (χ0v) is 23.6. The first-order valence-electron chi connectivity index (χ1n) is 14.3. The minimum Gasteiger partial charge on any atom is -0.420 e. The smallest absolute Gasteiger partial charge is 0.313 e. The minimum absolute atomic E-state index is 0.0217. The molecular weight excluding hydrogens is 552 g/mol. The first kappa shape index (κ1) is 35.1. The van der Waals surface area contributed by atoms with Gasteiger partial charge in [0.15, 0.2) is 11.6 Å². The second kappa shape index (κ2) is 21.6. The van der Waals surface area contributed by atoms with Crippen LogP contribution in [0.15, 0.2) is 6.07 Å². The topological polar surface area (TPSA) is 89.5 Å². The van der Waals surface area contributed by atoms with Crippen LogP contribution >= 0.6 is 0 Å². The Hall–Kier alpha value is -2.12. The van der Waals surface area contributed by atoms with Crippen LogP contribution in [-0.2, 0) is 33.3 Å². The molecule has 8 nitrogen and oxygen atoms in total. The summed E-state index contributed by atoms with van der Waals surface area (Å²) < 4.78 is 84.5. The quantitative estimate of drug-likeness (QED) is 0.0658. The van der Waals surface area contributed by atoms with Crippen LogP contribution < -0.4 is 4.74 Å². The molecule has 1 fully saturated rings. The molecular formula is C29H42F4O8. The van der Waals surface area contributed by atoms with Gasteiger partial charge in [0.25, 0.3) is 0 Å². The van der Waals surface area contributed by atoms with Crippen molar-refractivity contribution in [2.45, 2.75) is 64.2 Å². The number of hydrogen-bond donors (Lipinski definition) is 0. The first-order valence-corrected chi connectivity index (χ1v) is 14.3. The van der Waals surface area contributed by atoms with Crippen LogP contribution in [0, 0.1) is 29.2 Å². The highest BCUT2D eigenvalue weighted by Gasteiger charge is 2.23. The van der Waals surface area contributed by atoms with Gasteiger partial charge in [0.1, 0.15) is 5.78 Å². The maximum absolute atomic E-state index is 13.5. The molecule has 0 saturated heterocycles. The van der Waals surface area contributed by atoms with E-state index in [1.807, 2.05) is 0 Å². The van der Waals surface area contributed by atoms with E-state index >= 15 is 0 Å². The fraction of sp³-hybridized carbons (Fsp3) is 0.724. The van der Waals surface area contributed by atoms with Crippen molar-refractivity contribution in [1.29, 1.82) is 0 Å². The van der Waals surface area contributed by atoms with E-state index in [0.29, 0.717) is 58.5 Å². The average molecular weight is 595 g/mol. The normalized spacial score (nSPS) is 14.8. The van der Waals surface area contributed by atoms with Crippen molar-refractivity contribution in [2.24, 2.45) is 5.92 Å². The molecule has 0 amide bonds. The van der Waals surface area contributed by atoms with Gasteiger partial charge in [-0.1, -0.05) is 38.5 Å². The van der Waals surface area contributed by atoms with Crippen molar-refractivity contribution in [3.8, 4) is 5.75 Å². The summed E-state index contributed by atoms with van der Waals surface area (Å²) in [4.78, 5) is 24.1. The lowest BCUT2D eigenvalue weighted by molar-refractivity contribution is -0.136. The monoisotopic (exact) mass is 594 g/mol. The van der Waals surface area contributed by atoms with Gasteiger partial charge in [-0.05, 0) is 12.8 Å². The van der Waals surface area contributed by atoms with Crippen LogP contribution in [0.1, 0.15) is 64.2 Å². The van der Waals surface area contributed by atoms with Crippen molar-refractivity contribution in [1.82, 2.24) is 0 Å². The highest BCUT2D eigenvalue weighted by atomic mass is 19.2. The van der Waals surface area contributed by atoms with E-state index in [4.69, 9.17) is 23.7 Å². The Kier molecular flexibility index (Phi) is 18.4. The van der Waals surface area contributed by atoms with E-state index < -0.39 is 35.0 Å². The Morgan fingerprint density at radius 2 is 0.976 bits per heavy atom. The maximum Gasteiger partial charge on any atom is 0.313 e. The Balaban J connectivity index is 1.34. The lowest BCUT2D eigenvalue weighted by Crippen LogP contribution is -2.18. The van der Waals surface area contributed by atoms with Crippen LogP contribution in [0.4, 0.5) is 17.6 Å². The van der Waals surface area contributed by atoms with Gasteiger partial charge in [0.2, 0.25) is 17.4 Å². The Morgan fingerprint density at radius 1 is 0.585 bits per heavy atom. The van der Waals surface area contributed by atoms with Gasteiger partial charge in [-0.3, -0.25) is 9.59 Å². The van der Waals surface area contributed by atoms with Crippen LogP contribution in [0.25, 0.3) is 0 Å². The van der Waals surface area contributed by atoms with Gasteiger partial charge in [-0.15, -0.1) is 0 Å². The molecule has 0 bridgehead atoms. The fourth-order valence-corrected chi connectivity index (χ4v) is 4.27. The second-order valence-corrected chi connectivity index (χ2v) is 9.70. The third-order valence-corrected chi connectivity index (χ3v) is 6.53. The van der Waals surface area contributed by atoms with Crippen molar-refractivity contribution in [2.75, 3.05) is 66.1 Å². The van der Waals surface area contributed by atoms with Crippen LogP contribution in [0.5, 0.6) is 5.75 Å². The lowest BCUT2D eigenvalue weighted by atomic mass is 9.91. The van der Waals surface area contributed by atoms with E-state index in [-0.39, 0.29) is 38.2 Å². The molecule has 0 N–H and O–H groups in total. The third-order valence-electron chi connectivity index (χ3n) is 6.53. The van der Waals surface area contributed by atoms with E-state index in [0.717, 1.165) is 25.7 Å². The molecule has 0 aliphatic heterocycles. The van der Waals surface area contributed by atoms with Crippen molar-refractivity contribution < 1.29 is 55.6 Å². The molecule has 12 heteroatoms. The first-order chi connectivity index (χ1) is 19.9. The molecule has 1 aromatic rings. The van der Waals surface area contributed by atoms with Gasteiger partial charge >= 0.3 is 5.97 Å². The number of Topliss-reactive ketones (excluding diaryl/α,β-unsaturated/α-hetero) is 1. The van der Waals surface area contributed by atoms with Crippen molar-refractivity contribution >= 4 is 11.8 Å². The molecule has 0 radical (unpaired) electrons. The molecule has 1 aromatic carbocycles. The molecule has 234 valence electrons. The van der Waals surface area contributed by atoms with Gasteiger partial charge in [0.05, 0.1) is 72.5 Å². The zero-order valence-electron chi connectivity index (χ0n) is 23.6. The number of carbonyl (C=O) groups is 2. The lowest BCUT2D eigenvalue weighted by Gasteiger charge is -2.14. The third kappa shape index (κ3) is 15.1. The molecule has 0 heterocycles.